The van der Waals surface area contributed by atoms with Crippen LogP contribution in [0.1, 0.15) is 36.5 Å². The second kappa shape index (κ2) is 5.17. The minimum absolute atomic E-state index is 0.327. The molecule has 1 aromatic heterocycles. The summed E-state index contributed by atoms with van der Waals surface area (Å²) in [6.07, 6.45) is 5.52. The molecule has 0 aliphatic heterocycles. The highest BCUT2D eigenvalue weighted by Gasteiger charge is 2.24. The molecule has 4 heteroatoms. The zero-order valence-electron chi connectivity index (χ0n) is 10.3. The van der Waals surface area contributed by atoms with Crippen molar-refractivity contribution < 1.29 is 9.53 Å². The molecule has 2 rings (SSSR count). The first-order chi connectivity index (χ1) is 8.20. The Morgan fingerprint density at radius 2 is 2.35 bits per heavy atom. The number of nitrogens with one attached hydrogen (secondary N) is 1. The predicted octanol–water partition coefficient (Wildman–Crippen LogP) is 2.47. The molecule has 1 unspecified atom stereocenters. The van der Waals surface area contributed by atoms with Crippen LogP contribution in [0.4, 0.5) is 5.82 Å². The maximum atomic E-state index is 11.4. The average Bonchev–Trinajstić information content (AvgIpc) is 2.26. The largest absolute Gasteiger partial charge is 0.465 e. The van der Waals surface area contributed by atoms with Crippen LogP contribution < -0.4 is 5.32 Å². The van der Waals surface area contributed by atoms with Gasteiger partial charge in [-0.05, 0) is 37.8 Å². The topological polar surface area (TPSA) is 51.2 Å². The molecule has 17 heavy (non-hydrogen) atoms. The molecular formula is C13H18N2O2. The molecule has 0 bridgehead atoms. The summed E-state index contributed by atoms with van der Waals surface area (Å²) in [7, 11) is 1.38. The van der Waals surface area contributed by atoms with Gasteiger partial charge in [-0.15, -0.1) is 0 Å². The van der Waals surface area contributed by atoms with Crippen molar-refractivity contribution in [1.29, 1.82) is 0 Å². The van der Waals surface area contributed by atoms with E-state index in [9.17, 15) is 4.79 Å². The summed E-state index contributed by atoms with van der Waals surface area (Å²) in [5.74, 6) is 1.15. The van der Waals surface area contributed by atoms with Gasteiger partial charge in [-0.25, -0.2) is 9.78 Å². The van der Waals surface area contributed by atoms with Crippen molar-refractivity contribution in [1.82, 2.24) is 4.98 Å². The van der Waals surface area contributed by atoms with Crippen molar-refractivity contribution in [2.24, 2.45) is 5.92 Å². The first-order valence-electron chi connectivity index (χ1n) is 6.01. The number of rotatable bonds is 4. The Hall–Kier alpha value is -1.58. The van der Waals surface area contributed by atoms with Gasteiger partial charge in [-0.1, -0.05) is 6.42 Å². The Bertz CT molecular complexity index is 402. The van der Waals surface area contributed by atoms with Crippen molar-refractivity contribution in [3.05, 3.63) is 23.9 Å². The summed E-state index contributed by atoms with van der Waals surface area (Å²) < 4.78 is 4.68. The van der Waals surface area contributed by atoms with Gasteiger partial charge >= 0.3 is 5.97 Å². The molecule has 1 fully saturated rings. The van der Waals surface area contributed by atoms with Gasteiger partial charge in [0.2, 0.25) is 0 Å². The van der Waals surface area contributed by atoms with Crippen molar-refractivity contribution in [3.63, 3.8) is 0 Å². The Balaban J connectivity index is 2.02. The fourth-order valence-corrected chi connectivity index (χ4v) is 2.05. The number of pyridine rings is 1. The molecule has 0 spiro atoms. The Labute approximate surface area is 101 Å². The number of carbonyl (C=O) groups is 1. The zero-order chi connectivity index (χ0) is 12.3. The number of methoxy groups -OCH3 is 1. The van der Waals surface area contributed by atoms with Crippen LogP contribution in [-0.4, -0.2) is 24.1 Å². The normalized spacial score (nSPS) is 17.1. The van der Waals surface area contributed by atoms with Crippen LogP contribution in [0.15, 0.2) is 18.3 Å². The predicted molar refractivity (Wildman–Crippen MR) is 66.0 cm³/mol. The molecule has 0 saturated heterocycles. The van der Waals surface area contributed by atoms with Crippen molar-refractivity contribution >= 4 is 11.8 Å². The van der Waals surface area contributed by atoms with E-state index in [1.165, 1.54) is 26.4 Å². The smallest absolute Gasteiger partial charge is 0.338 e. The number of hydrogen-bond donors (Lipinski definition) is 1. The number of aromatic nitrogens is 1. The van der Waals surface area contributed by atoms with E-state index in [1.54, 1.807) is 18.3 Å². The molecule has 1 heterocycles. The molecule has 1 aromatic rings. The van der Waals surface area contributed by atoms with Crippen molar-refractivity contribution in [3.8, 4) is 0 Å². The highest BCUT2D eigenvalue weighted by molar-refractivity contribution is 5.89. The second-order valence-corrected chi connectivity index (χ2v) is 4.55. The van der Waals surface area contributed by atoms with E-state index in [2.05, 4.69) is 22.0 Å². The number of carbonyl (C=O) groups excluding carboxylic acids is 1. The molecule has 0 aromatic carbocycles. The van der Waals surface area contributed by atoms with E-state index in [0.29, 0.717) is 11.6 Å². The molecule has 1 atom stereocenters. The van der Waals surface area contributed by atoms with Crippen LogP contribution in [0.25, 0.3) is 0 Å². The third-order valence-corrected chi connectivity index (χ3v) is 3.41. The van der Waals surface area contributed by atoms with Gasteiger partial charge in [-0.2, -0.15) is 0 Å². The number of ether oxygens (including phenoxy) is 1. The summed E-state index contributed by atoms with van der Waals surface area (Å²) in [6, 6.07) is 3.80. The molecule has 0 amide bonds. The summed E-state index contributed by atoms with van der Waals surface area (Å²) in [5, 5.41) is 3.34. The van der Waals surface area contributed by atoms with Gasteiger partial charge < -0.3 is 10.1 Å². The Morgan fingerprint density at radius 3 is 2.94 bits per heavy atom. The highest BCUT2D eigenvalue weighted by atomic mass is 16.5. The van der Waals surface area contributed by atoms with Gasteiger partial charge in [0.25, 0.3) is 0 Å². The van der Waals surface area contributed by atoms with Crippen LogP contribution in [0.5, 0.6) is 0 Å². The fraction of sp³-hybridized carbons (Fsp3) is 0.538. The quantitative estimate of drug-likeness (QED) is 0.813. The van der Waals surface area contributed by atoms with Crippen molar-refractivity contribution in [2.75, 3.05) is 12.4 Å². The molecule has 4 nitrogen and oxygen atoms in total. The summed E-state index contributed by atoms with van der Waals surface area (Å²) >= 11 is 0. The van der Waals surface area contributed by atoms with Crippen LogP contribution >= 0.6 is 0 Å². The molecule has 0 radical (unpaired) electrons. The lowest BCUT2D eigenvalue weighted by Crippen LogP contribution is -2.31. The van der Waals surface area contributed by atoms with Crippen molar-refractivity contribution in [2.45, 2.75) is 32.2 Å². The summed E-state index contributed by atoms with van der Waals surface area (Å²) in [4.78, 5) is 15.6. The minimum Gasteiger partial charge on any atom is -0.465 e. The molecule has 1 saturated carbocycles. The van der Waals surface area contributed by atoms with E-state index in [4.69, 9.17) is 0 Å². The minimum atomic E-state index is -0.327. The van der Waals surface area contributed by atoms with E-state index < -0.39 is 0 Å². The molecule has 1 N–H and O–H groups in total. The number of nitrogens with zero attached hydrogens (tertiary/aromatic N) is 1. The number of hydrogen-bond acceptors (Lipinski definition) is 4. The second-order valence-electron chi connectivity index (χ2n) is 4.55. The number of esters is 1. The Morgan fingerprint density at radius 1 is 1.59 bits per heavy atom. The monoisotopic (exact) mass is 234 g/mol. The van der Waals surface area contributed by atoms with Gasteiger partial charge in [-0.3, -0.25) is 0 Å². The maximum absolute atomic E-state index is 11.4. The Kier molecular flexibility index (Phi) is 3.61. The first-order valence-corrected chi connectivity index (χ1v) is 6.01. The van der Waals surface area contributed by atoms with Crippen LogP contribution in [0.3, 0.4) is 0 Å². The lowest BCUT2D eigenvalue weighted by molar-refractivity contribution is 0.0600. The van der Waals surface area contributed by atoms with E-state index in [0.717, 1.165) is 11.7 Å². The molecule has 1 aliphatic rings. The summed E-state index contributed by atoms with van der Waals surface area (Å²) in [5.41, 5.74) is 0.533. The van der Waals surface area contributed by atoms with Gasteiger partial charge in [0.05, 0.1) is 12.7 Å². The van der Waals surface area contributed by atoms with Gasteiger partial charge in [0.15, 0.2) is 0 Å². The summed E-state index contributed by atoms with van der Waals surface area (Å²) in [6.45, 7) is 2.16. The third-order valence-electron chi connectivity index (χ3n) is 3.41. The van der Waals surface area contributed by atoms with E-state index in [-0.39, 0.29) is 5.97 Å². The average molecular weight is 234 g/mol. The first kappa shape index (κ1) is 11.9. The van der Waals surface area contributed by atoms with Crippen LogP contribution in [-0.2, 0) is 4.74 Å². The van der Waals surface area contributed by atoms with Gasteiger partial charge in [0.1, 0.15) is 5.82 Å². The number of anilines is 1. The molecule has 1 aliphatic carbocycles. The van der Waals surface area contributed by atoms with Gasteiger partial charge in [0, 0.05) is 12.2 Å². The third kappa shape index (κ3) is 2.75. The lowest BCUT2D eigenvalue weighted by Gasteiger charge is -2.32. The maximum Gasteiger partial charge on any atom is 0.338 e. The molecular weight excluding hydrogens is 216 g/mol. The zero-order valence-corrected chi connectivity index (χ0v) is 10.3. The van der Waals surface area contributed by atoms with Crippen LogP contribution in [0.2, 0.25) is 0 Å². The fourth-order valence-electron chi connectivity index (χ4n) is 2.05. The standard InChI is InChI=1S/C13H18N2O2/c1-9(10-4-3-5-10)15-12-8-11(6-7-14-12)13(16)17-2/h6-10H,3-5H2,1-2H3,(H,14,15). The molecule has 92 valence electrons. The highest BCUT2D eigenvalue weighted by Crippen LogP contribution is 2.30. The van der Waals surface area contributed by atoms with E-state index >= 15 is 0 Å². The van der Waals surface area contributed by atoms with E-state index in [1.807, 2.05) is 0 Å². The SMILES string of the molecule is COC(=O)c1ccnc(NC(C)C2CCC2)c1. The van der Waals surface area contributed by atoms with Crippen LogP contribution in [0, 0.1) is 5.92 Å². The lowest BCUT2D eigenvalue weighted by atomic mass is 9.80.